The van der Waals surface area contributed by atoms with Gasteiger partial charge in [-0.2, -0.15) is 0 Å². The van der Waals surface area contributed by atoms with Gasteiger partial charge in [-0.3, -0.25) is 5.14 Å². The van der Waals surface area contributed by atoms with Crippen LogP contribution in [0.1, 0.15) is 46.0 Å². The van der Waals surface area contributed by atoms with Gasteiger partial charge in [-0.1, -0.05) is 42.0 Å². The van der Waals surface area contributed by atoms with Crippen molar-refractivity contribution in [3.63, 3.8) is 0 Å². The smallest absolute Gasteiger partial charge is 0.124 e. The van der Waals surface area contributed by atoms with E-state index in [0.717, 1.165) is 23.3 Å². The minimum absolute atomic E-state index is 0.235. The maximum atomic E-state index is 12.5. The minimum Gasteiger partial charge on any atom is -0.274 e. The van der Waals surface area contributed by atoms with Crippen molar-refractivity contribution < 1.29 is 4.39 Å². The summed E-state index contributed by atoms with van der Waals surface area (Å²) in [5.41, 5.74) is 4.17. The average molecular weight is 319 g/mol. The maximum absolute atomic E-state index is 12.5. The molecule has 0 aliphatic heterocycles. The van der Waals surface area contributed by atoms with E-state index in [-0.39, 0.29) is 5.83 Å². The molecule has 0 saturated heterocycles. The van der Waals surface area contributed by atoms with Crippen LogP contribution in [0.4, 0.5) is 4.39 Å². The van der Waals surface area contributed by atoms with Crippen LogP contribution in [-0.2, 0) is 0 Å². The summed E-state index contributed by atoms with van der Waals surface area (Å²) in [6.45, 7) is 8.32. The number of allylic oxidation sites excluding steroid dienone is 10. The third kappa shape index (κ3) is 7.10. The molecule has 0 aromatic heterocycles. The van der Waals surface area contributed by atoms with Gasteiger partial charge in [0.2, 0.25) is 0 Å². The molecule has 2 N–H and O–H groups in total. The summed E-state index contributed by atoms with van der Waals surface area (Å²) >= 11 is 1.07. The van der Waals surface area contributed by atoms with Gasteiger partial charge < -0.3 is 0 Å². The molecule has 0 unspecified atom stereocenters. The lowest BCUT2D eigenvalue weighted by Gasteiger charge is -2.16. The Bertz CT molecular complexity index is 536. The molecule has 0 atom stereocenters. The van der Waals surface area contributed by atoms with Gasteiger partial charge >= 0.3 is 0 Å². The average Bonchev–Trinajstić information content (AvgIpc) is 2.74. The van der Waals surface area contributed by atoms with E-state index in [4.69, 9.17) is 5.14 Å². The van der Waals surface area contributed by atoms with E-state index >= 15 is 0 Å². The molecule has 2 rings (SSSR count). The van der Waals surface area contributed by atoms with Gasteiger partial charge in [-0.25, -0.2) is 4.39 Å². The molecule has 0 spiro atoms. The van der Waals surface area contributed by atoms with Crippen LogP contribution in [-0.4, -0.2) is 0 Å². The Kier molecular flexibility index (Phi) is 8.86. The largest absolute Gasteiger partial charge is 0.274 e. The molecule has 22 heavy (non-hydrogen) atoms. The second kappa shape index (κ2) is 10.4. The van der Waals surface area contributed by atoms with Crippen LogP contribution in [0.2, 0.25) is 0 Å². The van der Waals surface area contributed by atoms with Crippen molar-refractivity contribution in [2.75, 3.05) is 0 Å². The molecule has 0 amide bonds. The third-order valence-electron chi connectivity index (χ3n) is 3.63. The van der Waals surface area contributed by atoms with Crippen LogP contribution < -0.4 is 5.14 Å². The standard InChI is InChI=1S/C12H18.C7H8FNS/c1-4-10(2)9-12-8-6-5-7-11(12)3;8-6-3-1-2-4-7(5-6)10-9/h4,9H,3,5-8H2,1-2H3;1,3-5H,2,9H2/b10-4-,12-9-;. The zero-order valence-corrected chi connectivity index (χ0v) is 14.4. The van der Waals surface area contributed by atoms with E-state index < -0.39 is 0 Å². The maximum Gasteiger partial charge on any atom is 0.124 e. The predicted octanol–water partition coefficient (Wildman–Crippen LogP) is 6.30. The third-order valence-corrected chi connectivity index (χ3v) is 4.19. The molecule has 2 aliphatic rings. The van der Waals surface area contributed by atoms with Crippen molar-refractivity contribution in [1.29, 1.82) is 0 Å². The molecule has 0 heterocycles. The second-order valence-electron chi connectivity index (χ2n) is 5.40. The number of nitrogens with two attached hydrogens (primary N) is 1. The minimum atomic E-state index is -0.235. The van der Waals surface area contributed by atoms with Crippen molar-refractivity contribution in [1.82, 2.24) is 0 Å². The van der Waals surface area contributed by atoms with E-state index in [0.29, 0.717) is 0 Å². The molecule has 2 aliphatic carbocycles. The summed E-state index contributed by atoms with van der Waals surface area (Å²) in [5, 5.41) is 5.24. The normalized spacial score (nSPS) is 20.8. The van der Waals surface area contributed by atoms with Gasteiger partial charge in [0.05, 0.1) is 0 Å². The second-order valence-corrected chi connectivity index (χ2v) is 6.11. The molecule has 0 radical (unpaired) electrons. The molecular formula is C19H26FNS. The first kappa shape index (κ1) is 18.7. The van der Waals surface area contributed by atoms with E-state index in [1.54, 1.807) is 6.08 Å². The van der Waals surface area contributed by atoms with Gasteiger partial charge in [0, 0.05) is 4.91 Å². The van der Waals surface area contributed by atoms with Crippen molar-refractivity contribution in [3.05, 3.63) is 70.5 Å². The molecule has 3 heteroatoms. The van der Waals surface area contributed by atoms with Crippen LogP contribution in [0, 0.1) is 0 Å². The zero-order chi connectivity index (χ0) is 16.4. The highest BCUT2D eigenvalue weighted by molar-refractivity contribution is 8.01. The topological polar surface area (TPSA) is 26.0 Å². The zero-order valence-electron chi connectivity index (χ0n) is 13.6. The fraction of sp³-hybridized carbons (Fsp3) is 0.368. The number of hydrogen-bond acceptors (Lipinski definition) is 2. The molecule has 0 aromatic carbocycles. The molecule has 0 aromatic rings. The SMILES string of the molecule is C=C1CCCC/C1=C/C(C)=C\C.NSC1=CCC=CC(F)=C1. The Balaban J connectivity index is 0.000000224. The van der Waals surface area contributed by atoms with Gasteiger partial charge in [-0.15, -0.1) is 0 Å². The first-order valence-electron chi connectivity index (χ1n) is 7.69. The van der Waals surface area contributed by atoms with Crippen molar-refractivity contribution in [3.8, 4) is 0 Å². The van der Waals surface area contributed by atoms with E-state index in [1.165, 1.54) is 54.6 Å². The lowest BCUT2D eigenvalue weighted by molar-refractivity contribution is 0.667. The Labute approximate surface area is 138 Å². The van der Waals surface area contributed by atoms with Gasteiger partial charge in [0.1, 0.15) is 5.83 Å². The molecule has 1 nitrogen and oxygen atoms in total. The highest BCUT2D eigenvalue weighted by atomic mass is 32.2. The van der Waals surface area contributed by atoms with E-state index in [2.05, 4.69) is 32.6 Å². The van der Waals surface area contributed by atoms with Crippen LogP contribution >= 0.6 is 11.9 Å². The fourth-order valence-corrected chi connectivity index (χ4v) is 2.59. The summed E-state index contributed by atoms with van der Waals surface area (Å²) in [6.07, 6.45) is 16.8. The van der Waals surface area contributed by atoms with E-state index in [9.17, 15) is 4.39 Å². The Morgan fingerprint density at radius 1 is 1.36 bits per heavy atom. The highest BCUT2D eigenvalue weighted by Crippen LogP contribution is 2.28. The first-order chi connectivity index (χ1) is 10.6. The summed E-state index contributed by atoms with van der Waals surface area (Å²) in [4.78, 5) is 0.780. The number of halogens is 1. The molecule has 1 fully saturated rings. The number of hydrogen-bond donors (Lipinski definition) is 1. The molecular weight excluding hydrogens is 293 g/mol. The summed E-state index contributed by atoms with van der Waals surface area (Å²) in [7, 11) is 0. The quantitative estimate of drug-likeness (QED) is 0.604. The molecule has 0 bridgehead atoms. The van der Waals surface area contributed by atoms with Gasteiger partial charge in [0.25, 0.3) is 0 Å². The Hall–Kier alpha value is -1.32. The van der Waals surface area contributed by atoms with Crippen molar-refractivity contribution in [2.45, 2.75) is 46.0 Å². The predicted molar refractivity (Wildman–Crippen MR) is 97.9 cm³/mol. The van der Waals surface area contributed by atoms with Crippen LogP contribution in [0.25, 0.3) is 0 Å². The summed E-state index contributed by atoms with van der Waals surface area (Å²) in [6, 6.07) is 0. The van der Waals surface area contributed by atoms with Gasteiger partial charge in [0.15, 0.2) is 0 Å². The van der Waals surface area contributed by atoms with Crippen LogP contribution in [0.15, 0.2) is 70.5 Å². The number of rotatable bonds is 2. The first-order valence-corrected chi connectivity index (χ1v) is 8.57. The van der Waals surface area contributed by atoms with Crippen LogP contribution in [0.3, 0.4) is 0 Å². The van der Waals surface area contributed by atoms with Crippen molar-refractivity contribution in [2.24, 2.45) is 5.14 Å². The van der Waals surface area contributed by atoms with Gasteiger partial charge in [-0.05, 0) is 75.6 Å². The lowest BCUT2D eigenvalue weighted by atomic mass is 9.89. The Morgan fingerprint density at radius 3 is 2.73 bits per heavy atom. The lowest BCUT2D eigenvalue weighted by Crippen LogP contribution is -1.97. The van der Waals surface area contributed by atoms with Crippen molar-refractivity contribution >= 4 is 11.9 Å². The fourth-order valence-electron chi connectivity index (χ4n) is 2.21. The molecule has 1 saturated carbocycles. The van der Waals surface area contributed by atoms with Crippen LogP contribution in [0.5, 0.6) is 0 Å². The monoisotopic (exact) mass is 319 g/mol. The highest BCUT2D eigenvalue weighted by Gasteiger charge is 2.08. The summed E-state index contributed by atoms with van der Waals surface area (Å²) in [5.74, 6) is -0.235. The summed E-state index contributed by atoms with van der Waals surface area (Å²) < 4.78 is 12.5. The molecule has 120 valence electrons. The van der Waals surface area contributed by atoms with E-state index in [1.807, 2.05) is 6.08 Å². The Morgan fingerprint density at radius 2 is 2.09 bits per heavy atom.